The molecule has 9 heteroatoms. The molecule has 35 heavy (non-hydrogen) atoms. The van der Waals surface area contributed by atoms with Crippen molar-refractivity contribution >= 4 is 29.1 Å². The molecule has 0 spiro atoms. The van der Waals surface area contributed by atoms with Gasteiger partial charge in [0.25, 0.3) is 11.8 Å². The Morgan fingerprint density at radius 3 is 2.40 bits per heavy atom. The minimum atomic E-state index is -0.557. The van der Waals surface area contributed by atoms with Crippen LogP contribution in [0.4, 0.5) is 15.8 Å². The van der Waals surface area contributed by atoms with Gasteiger partial charge in [0.15, 0.2) is 6.61 Å². The van der Waals surface area contributed by atoms with Gasteiger partial charge in [-0.15, -0.1) is 0 Å². The lowest BCUT2D eigenvalue weighted by molar-refractivity contribution is -0.118. The highest BCUT2D eigenvalue weighted by Crippen LogP contribution is 2.19. The van der Waals surface area contributed by atoms with E-state index in [0.29, 0.717) is 5.69 Å². The van der Waals surface area contributed by atoms with Crippen LogP contribution in [0.5, 0.6) is 5.75 Å². The smallest absolute Gasteiger partial charge is 0.262 e. The summed E-state index contributed by atoms with van der Waals surface area (Å²) in [4.78, 5) is 38.7. The van der Waals surface area contributed by atoms with E-state index in [1.54, 1.807) is 53.4 Å². The summed E-state index contributed by atoms with van der Waals surface area (Å²) < 4.78 is 19.2. The molecule has 0 aliphatic heterocycles. The number of hydrogen-bond acceptors (Lipinski definition) is 5. The summed E-state index contributed by atoms with van der Waals surface area (Å²) >= 11 is 0. The largest absolute Gasteiger partial charge is 0.483 e. The van der Waals surface area contributed by atoms with Crippen molar-refractivity contribution in [2.75, 3.05) is 37.9 Å². The molecule has 3 amide bonds. The summed E-state index contributed by atoms with van der Waals surface area (Å²) in [5.41, 5.74) is 1.73. The number of carbonyl (C=O) groups excluding carboxylic acids is 3. The summed E-state index contributed by atoms with van der Waals surface area (Å²) in [6, 6.07) is 19.5. The van der Waals surface area contributed by atoms with Gasteiger partial charge in [0.05, 0.1) is 17.8 Å². The van der Waals surface area contributed by atoms with Gasteiger partial charge in [-0.3, -0.25) is 14.4 Å². The van der Waals surface area contributed by atoms with Crippen LogP contribution in [0.15, 0.2) is 72.8 Å². The van der Waals surface area contributed by atoms with Crippen molar-refractivity contribution in [2.45, 2.75) is 6.54 Å². The summed E-state index contributed by atoms with van der Waals surface area (Å²) in [7, 11) is 3.62. The van der Waals surface area contributed by atoms with E-state index >= 15 is 0 Å². The fourth-order valence-corrected chi connectivity index (χ4v) is 3.20. The Balaban J connectivity index is 1.57. The highest BCUT2D eigenvalue weighted by atomic mass is 19.1. The van der Waals surface area contributed by atoms with E-state index in [2.05, 4.69) is 16.0 Å². The standard InChI is InChI=1S/C26H27FN4O4/c1-31(2)16-24(32)29-19-9-7-8-18(14-19)15-28-26(34)20-10-3-6-13-23(20)35-17-25(33)30-22-12-5-4-11-21(22)27/h3-14H,15-17H2,1-2H3,(H,28,34)(H,29,32)(H,30,33). The molecule has 0 bridgehead atoms. The third-order valence-electron chi connectivity index (χ3n) is 4.76. The molecule has 0 aromatic heterocycles. The molecule has 0 radical (unpaired) electrons. The number of rotatable bonds is 10. The number of likely N-dealkylation sites (N-methyl/N-ethyl adjacent to an activating group) is 1. The van der Waals surface area contributed by atoms with Crippen LogP contribution in [-0.4, -0.2) is 49.9 Å². The van der Waals surface area contributed by atoms with Crippen LogP contribution in [0.1, 0.15) is 15.9 Å². The molecule has 3 rings (SSSR count). The minimum Gasteiger partial charge on any atom is -0.483 e. The topological polar surface area (TPSA) is 99.8 Å². The number of amides is 3. The number of halogens is 1. The molecule has 8 nitrogen and oxygen atoms in total. The molecule has 3 N–H and O–H groups in total. The number of anilines is 2. The molecule has 0 saturated carbocycles. The monoisotopic (exact) mass is 478 g/mol. The second-order valence-electron chi connectivity index (χ2n) is 7.98. The van der Waals surface area contributed by atoms with Crippen molar-refractivity contribution in [2.24, 2.45) is 0 Å². The Bertz CT molecular complexity index is 1200. The average molecular weight is 479 g/mol. The van der Waals surface area contributed by atoms with Crippen LogP contribution in [0, 0.1) is 5.82 Å². The van der Waals surface area contributed by atoms with Gasteiger partial charge < -0.3 is 25.6 Å². The molecule has 3 aromatic carbocycles. The van der Waals surface area contributed by atoms with Gasteiger partial charge in [-0.05, 0) is 56.1 Å². The molecular weight excluding hydrogens is 451 g/mol. The Labute approximate surface area is 203 Å². The van der Waals surface area contributed by atoms with Gasteiger partial charge >= 0.3 is 0 Å². The van der Waals surface area contributed by atoms with Crippen LogP contribution in [0.3, 0.4) is 0 Å². The van der Waals surface area contributed by atoms with Gasteiger partial charge in [0.2, 0.25) is 5.91 Å². The molecule has 0 unspecified atom stereocenters. The number of nitrogens with one attached hydrogen (secondary N) is 3. The lowest BCUT2D eigenvalue weighted by Gasteiger charge is -2.13. The van der Waals surface area contributed by atoms with Crippen LogP contribution in [0.25, 0.3) is 0 Å². The van der Waals surface area contributed by atoms with E-state index in [1.165, 1.54) is 18.2 Å². The molecule has 182 valence electrons. The predicted molar refractivity (Wildman–Crippen MR) is 132 cm³/mol. The highest BCUT2D eigenvalue weighted by Gasteiger charge is 2.14. The zero-order chi connectivity index (χ0) is 25.2. The van der Waals surface area contributed by atoms with E-state index < -0.39 is 24.2 Å². The zero-order valence-corrected chi connectivity index (χ0v) is 19.5. The van der Waals surface area contributed by atoms with Crippen LogP contribution >= 0.6 is 0 Å². The Morgan fingerprint density at radius 1 is 0.886 bits per heavy atom. The molecule has 0 heterocycles. The van der Waals surface area contributed by atoms with Crippen molar-refractivity contribution in [3.05, 3.63) is 89.7 Å². The van der Waals surface area contributed by atoms with Gasteiger partial charge in [-0.25, -0.2) is 4.39 Å². The fraction of sp³-hybridized carbons (Fsp3) is 0.192. The number of hydrogen-bond donors (Lipinski definition) is 3. The summed E-state index contributed by atoms with van der Waals surface area (Å²) in [6.07, 6.45) is 0. The number of para-hydroxylation sites is 2. The van der Waals surface area contributed by atoms with Crippen LogP contribution < -0.4 is 20.7 Å². The Kier molecular flexibility index (Phi) is 8.91. The summed E-state index contributed by atoms with van der Waals surface area (Å²) in [5.74, 6) is -1.42. The van der Waals surface area contributed by atoms with Crippen molar-refractivity contribution in [1.82, 2.24) is 10.2 Å². The summed E-state index contributed by atoms with van der Waals surface area (Å²) in [6.45, 7) is 0.0850. The van der Waals surface area contributed by atoms with E-state index in [0.717, 1.165) is 5.56 Å². The van der Waals surface area contributed by atoms with E-state index in [9.17, 15) is 18.8 Å². The SMILES string of the molecule is CN(C)CC(=O)Nc1cccc(CNC(=O)c2ccccc2OCC(=O)Nc2ccccc2F)c1. The lowest BCUT2D eigenvalue weighted by Crippen LogP contribution is -2.27. The van der Waals surface area contributed by atoms with Crippen LogP contribution in [0.2, 0.25) is 0 Å². The first kappa shape index (κ1) is 25.4. The normalized spacial score (nSPS) is 10.5. The fourth-order valence-electron chi connectivity index (χ4n) is 3.20. The van der Waals surface area contributed by atoms with Gasteiger partial charge in [-0.1, -0.05) is 36.4 Å². The number of ether oxygens (including phenoxy) is 1. The van der Waals surface area contributed by atoms with Crippen molar-refractivity contribution in [3.63, 3.8) is 0 Å². The molecule has 0 atom stereocenters. The van der Waals surface area contributed by atoms with Gasteiger partial charge in [-0.2, -0.15) is 0 Å². The quantitative estimate of drug-likeness (QED) is 0.415. The number of carbonyl (C=O) groups is 3. The van der Waals surface area contributed by atoms with Crippen molar-refractivity contribution in [1.29, 1.82) is 0 Å². The molecule has 3 aromatic rings. The minimum absolute atomic E-state index is 0.0484. The highest BCUT2D eigenvalue weighted by molar-refractivity contribution is 5.97. The first-order valence-corrected chi connectivity index (χ1v) is 10.9. The number of benzene rings is 3. The molecule has 0 fully saturated rings. The predicted octanol–water partition coefficient (Wildman–Crippen LogP) is 3.27. The first-order valence-electron chi connectivity index (χ1n) is 10.9. The summed E-state index contributed by atoms with van der Waals surface area (Å²) in [5, 5.41) is 8.06. The lowest BCUT2D eigenvalue weighted by atomic mass is 10.1. The maximum absolute atomic E-state index is 13.7. The molecular formula is C26H27FN4O4. The maximum Gasteiger partial charge on any atom is 0.262 e. The van der Waals surface area contributed by atoms with Gasteiger partial charge in [0, 0.05) is 12.2 Å². The number of nitrogens with zero attached hydrogens (tertiary/aromatic N) is 1. The molecule has 0 aliphatic rings. The maximum atomic E-state index is 13.7. The second-order valence-corrected chi connectivity index (χ2v) is 7.98. The average Bonchev–Trinajstić information content (AvgIpc) is 2.82. The second kappa shape index (κ2) is 12.3. The Hall–Kier alpha value is -4.24. The molecule has 0 saturated heterocycles. The third-order valence-corrected chi connectivity index (χ3v) is 4.76. The van der Waals surface area contributed by atoms with Crippen molar-refractivity contribution in [3.8, 4) is 5.75 Å². The van der Waals surface area contributed by atoms with Crippen molar-refractivity contribution < 1.29 is 23.5 Å². The zero-order valence-electron chi connectivity index (χ0n) is 19.5. The third kappa shape index (κ3) is 7.94. The van der Waals surface area contributed by atoms with Gasteiger partial charge in [0.1, 0.15) is 11.6 Å². The van der Waals surface area contributed by atoms with E-state index in [4.69, 9.17) is 4.74 Å². The van der Waals surface area contributed by atoms with Crippen LogP contribution in [-0.2, 0) is 16.1 Å². The molecule has 0 aliphatic carbocycles. The first-order chi connectivity index (χ1) is 16.8. The van der Waals surface area contributed by atoms with E-state index in [1.807, 2.05) is 20.2 Å². The van der Waals surface area contributed by atoms with E-state index in [-0.39, 0.29) is 36.0 Å². The Morgan fingerprint density at radius 2 is 1.63 bits per heavy atom.